The molecule has 2 atom stereocenters. The normalized spacial score (nSPS) is 18.9. The number of guanidine groups is 1. The monoisotopic (exact) mass is 558 g/mol. The molecule has 1 aliphatic carbocycles. The van der Waals surface area contributed by atoms with Crippen molar-refractivity contribution in [3.63, 3.8) is 0 Å². The number of aromatic nitrogens is 3. The molecule has 1 aliphatic rings. The molecule has 7 nitrogen and oxygen atoms in total. The van der Waals surface area contributed by atoms with Crippen molar-refractivity contribution in [1.82, 2.24) is 25.4 Å². The molecule has 0 aliphatic heterocycles. The van der Waals surface area contributed by atoms with Crippen molar-refractivity contribution < 1.29 is 4.74 Å². The molecule has 0 bridgehead atoms. The van der Waals surface area contributed by atoms with Crippen molar-refractivity contribution in [3.05, 3.63) is 41.5 Å². The number of benzene rings is 1. The molecule has 2 N–H and O–H groups in total. The summed E-state index contributed by atoms with van der Waals surface area (Å²) < 4.78 is 7.23. The third-order valence-corrected chi connectivity index (χ3v) is 6.82. The van der Waals surface area contributed by atoms with Crippen LogP contribution in [0.3, 0.4) is 0 Å². The van der Waals surface area contributed by atoms with E-state index in [9.17, 15) is 0 Å². The van der Waals surface area contributed by atoms with Crippen LogP contribution in [0.4, 0.5) is 0 Å². The highest BCUT2D eigenvalue weighted by atomic mass is 127. The van der Waals surface area contributed by atoms with Gasteiger partial charge in [0.2, 0.25) is 0 Å². The first-order chi connectivity index (χ1) is 14.6. The summed E-state index contributed by atoms with van der Waals surface area (Å²) in [5.74, 6) is 3.51. The molecule has 3 rings (SSSR count). The minimum atomic E-state index is 0. The average Bonchev–Trinajstić information content (AvgIpc) is 3.10. The van der Waals surface area contributed by atoms with Crippen molar-refractivity contribution >= 4 is 41.7 Å². The Balaban J connectivity index is 0.00000341. The number of rotatable bonds is 8. The van der Waals surface area contributed by atoms with Gasteiger partial charge < -0.3 is 19.9 Å². The summed E-state index contributed by atoms with van der Waals surface area (Å²) >= 11 is 1.98. The van der Waals surface area contributed by atoms with Gasteiger partial charge in [-0.1, -0.05) is 18.6 Å². The number of halogens is 1. The zero-order valence-corrected chi connectivity index (χ0v) is 22.1. The zero-order valence-electron chi connectivity index (χ0n) is 18.9. The average molecular weight is 559 g/mol. The number of thioether (sulfide) groups is 1. The lowest BCUT2D eigenvalue weighted by Gasteiger charge is -2.30. The maximum absolute atomic E-state index is 5.24. The SMILES string of the molecule is COc1ccc(CCNC(=NCc2nnc(C)n2C)NC2CCCC(SC)C2)cc1.I. The first-order valence-corrected chi connectivity index (χ1v) is 11.9. The summed E-state index contributed by atoms with van der Waals surface area (Å²) in [6.45, 7) is 3.28. The van der Waals surface area contributed by atoms with Gasteiger partial charge in [0.15, 0.2) is 11.8 Å². The molecule has 9 heteroatoms. The van der Waals surface area contributed by atoms with Gasteiger partial charge in [-0.3, -0.25) is 0 Å². The molecular weight excluding hydrogens is 523 g/mol. The lowest BCUT2D eigenvalue weighted by Crippen LogP contribution is -2.46. The third-order valence-electron chi connectivity index (χ3n) is 5.73. The molecule has 2 aromatic rings. The van der Waals surface area contributed by atoms with E-state index in [1.165, 1.54) is 31.2 Å². The molecule has 0 radical (unpaired) electrons. The molecule has 2 unspecified atom stereocenters. The number of nitrogens with one attached hydrogen (secondary N) is 2. The van der Waals surface area contributed by atoms with Crippen LogP contribution >= 0.6 is 35.7 Å². The van der Waals surface area contributed by atoms with Crippen LogP contribution in [0.25, 0.3) is 0 Å². The highest BCUT2D eigenvalue weighted by Gasteiger charge is 2.22. The molecule has 172 valence electrons. The number of hydrogen-bond acceptors (Lipinski definition) is 5. The van der Waals surface area contributed by atoms with Crippen LogP contribution in [-0.4, -0.2) is 51.9 Å². The van der Waals surface area contributed by atoms with Gasteiger partial charge in [-0.05, 0) is 56.6 Å². The largest absolute Gasteiger partial charge is 0.497 e. The van der Waals surface area contributed by atoms with Crippen LogP contribution in [0.2, 0.25) is 0 Å². The Kier molecular flexibility index (Phi) is 10.9. The van der Waals surface area contributed by atoms with Crippen molar-refractivity contribution in [3.8, 4) is 5.75 Å². The van der Waals surface area contributed by atoms with Gasteiger partial charge in [0.1, 0.15) is 18.1 Å². The number of methoxy groups -OCH3 is 1. The van der Waals surface area contributed by atoms with E-state index in [1.807, 2.05) is 42.4 Å². The third kappa shape index (κ3) is 7.85. The quantitative estimate of drug-likeness (QED) is 0.293. The Morgan fingerprint density at radius 2 is 2.03 bits per heavy atom. The number of ether oxygens (including phenoxy) is 1. The molecular formula is C22H35IN6OS. The minimum Gasteiger partial charge on any atom is -0.497 e. The van der Waals surface area contributed by atoms with Crippen LogP contribution in [0.1, 0.15) is 42.9 Å². The first kappa shape index (κ1) is 25.8. The summed E-state index contributed by atoms with van der Waals surface area (Å²) in [5, 5.41) is 16.3. The molecule has 1 aromatic heterocycles. The molecule has 0 amide bonds. The number of aryl methyl sites for hydroxylation is 1. The van der Waals surface area contributed by atoms with Crippen LogP contribution in [0.5, 0.6) is 5.75 Å². The van der Waals surface area contributed by atoms with Crippen molar-refractivity contribution in [2.75, 3.05) is 19.9 Å². The highest BCUT2D eigenvalue weighted by Crippen LogP contribution is 2.26. The van der Waals surface area contributed by atoms with E-state index in [0.29, 0.717) is 12.6 Å². The predicted octanol–water partition coefficient (Wildman–Crippen LogP) is 3.70. The number of hydrogen-bond donors (Lipinski definition) is 2. The number of nitrogens with zero attached hydrogens (tertiary/aromatic N) is 4. The van der Waals surface area contributed by atoms with Gasteiger partial charge in [0.05, 0.1) is 7.11 Å². The Morgan fingerprint density at radius 3 is 2.68 bits per heavy atom. The van der Waals surface area contributed by atoms with Gasteiger partial charge in [-0.25, -0.2) is 4.99 Å². The molecule has 0 saturated heterocycles. The minimum absolute atomic E-state index is 0. The summed E-state index contributed by atoms with van der Waals surface area (Å²) in [6.07, 6.45) is 8.10. The zero-order chi connectivity index (χ0) is 21.3. The van der Waals surface area contributed by atoms with Crippen molar-refractivity contribution in [2.45, 2.75) is 56.9 Å². The van der Waals surface area contributed by atoms with E-state index < -0.39 is 0 Å². The van der Waals surface area contributed by atoms with E-state index in [4.69, 9.17) is 9.73 Å². The summed E-state index contributed by atoms with van der Waals surface area (Å²) in [6, 6.07) is 8.69. The molecule has 0 spiro atoms. The molecule has 1 aromatic carbocycles. The maximum atomic E-state index is 5.24. The second kappa shape index (κ2) is 13.1. The Morgan fingerprint density at radius 1 is 1.26 bits per heavy atom. The van der Waals surface area contributed by atoms with Gasteiger partial charge >= 0.3 is 0 Å². The topological polar surface area (TPSA) is 76.4 Å². The lowest BCUT2D eigenvalue weighted by atomic mass is 9.95. The Labute approximate surface area is 207 Å². The van der Waals surface area contributed by atoms with E-state index >= 15 is 0 Å². The van der Waals surface area contributed by atoms with Gasteiger partial charge in [0, 0.05) is 24.9 Å². The van der Waals surface area contributed by atoms with E-state index in [-0.39, 0.29) is 24.0 Å². The Bertz CT molecular complexity index is 826. The number of aliphatic imine (C=N–C) groups is 1. The van der Waals surface area contributed by atoms with Crippen LogP contribution in [0, 0.1) is 6.92 Å². The first-order valence-electron chi connectivity index (χ1n) is 10.6. The van der Waals surface area contributed by atoms with E-state index in [0.717, 1.165) is 41.6 Å². The standard InChI is InChI=1S/C22H34N6OS.HI/c1-16-26-27-21(28(16)2)15-24-22(25-18-6-5-7-20(14-18)30-4)23-13-12-17-8-10-19(29-3)11-9-17;/h8-11,18,20H,5-7,12-15H2,1-4H3,(H2,23,24,25);1H. The molecule has 1 heterocycles. The van der Waals surface area contributed by atoms with E-state index in [2.05, 4.69) is 39.2 Å². The second-order valence-electron chi connectivity index (χ2n) is 7.78. The summed E-state index contributed by atoms with van der Waals surface area (Å²) in [7, 11) is 3.67. The van der Waals surface area contributed by atoms with Crippen molar-refractivity contribution in [2.24, 2.45) is 12.0 Å². The predicted molar refractivity (Wildman–Crippen MR) is 140 cm³/mol. The molecule has 31 heavy (non-hydrogen) atoms. The summed E-state index contributed by atoms with van der Waals surface area (Å²) in [4.78, 5) is 4.82. The van der Waals surface area contributed by atoms with Crippen LogP contribution < -0.4 is 15.4 Å². The Hall–Kier alpha value is -1.49. The molecule has 1 saturated carbocycles. The van der Waals surface area contributed by atoms with Gasteiger partial charge in [-0.15, -0.1) is 34.2 Å². The molecule has 1 fully saturated rings. The van der Waals surface area contributed by atoms with Crippen LogP contribution in [-0.2, 0) is 20.0 Å². The second-order valence-corrected chi connectivity index (χ2v) is 8.92. The summed E-state index contributed by atoms with van der Waals surface area (Å²) in [5.41, 5.74) is 1.27. The van der Waals surface area contributed by atoms with Gasteiger partial charge in [-0.2, -0.15) is 11.8 Å². The van der Waals surface area contributed by atoms with E-state index in [1.54, 1.807) is 7.11 Å². The highest BCUT2D eigenvalue weighted by molar-refractivity contribution is 14.0. The van der Waals surface area contributed by atoms with Crippen molar-refractivity contribution in [1.29, 1.82) is 0 Å². The lowest BCUT2D eigenvalue weighted by molar-refractivity contribution is 0.414. The maximum Gasteiger partial charge on any atom is 0.191 e. The van der Waals surface area contributed by atoms with Gasteiger partial charge in [0.25, 0.3) is 0 Å². The van der Waals surface area contributed by atoms with Crippen LogP contribution in [0.15, 0.2) is 29.3 Å². The fourth-order valence-corrected chi connectivity index (χ4v) is 4.52. The fourth-order valence-electron chi connectivity index (χ4n) is 3.69. The smallest absolute Gasteiger partial charge is 0.191 e. The fraction of sp³-hybridized carbons (Fsp3) is 0.591.